The van der Waals surface area contributed by atoms with Gasteiger partial charge in [-0.15, -0.1) is 5.10 Å². The number of ether oxygens (including phenoxy) is 2. The van der Waals surface area contributed by atoms with Gasteiger partial charge in [-0.05, 0) is 51.4 Å². The molecular formula is C21H34N4O3. The molecule has 0 amide bonds. The van der Waals surface area contributed by atoms with E-state index in [1.165, 1.54) is 23.2 Å². The molecule has 1 aromatic heterocycles. The van der Waals surface area contributed by atoms with Crippen molar-refractivity contribution in [3.63, 3.8) is 0 Å². The van der Waals surface area contributed by atoms with E-state index in [0.717, 1.165) is 12.3 Å². The SMILES string of the molecule is CC(C)(C)OC(=O)Cn1cc(COCCN=C2C[C@H]3CC[C@]2(C)C3(C)C)nn1. The molecule has 7 heteroatoms. The number of hydrogen-bond acceptors (Lipinski definition) is 6. The van der Waals surface area contributed by atoms with Gasteiger partial charge < -0.3 is 9.47 Å². The second kappa shape index (κ2) is 7.58. The molecule has 2 aliphatic carbocycles. The summed E-state index contributed by atoms with van der Waals surface area (Å²) >= 11 is 0. The average Bonchev–Trinajstić information content (AvgIpc) is 3.14. The van der Waals surface area contributed by atoms with E-state index >= 15 is 0 Å². The Kier molecular flexibility index (Phi) is 5.67. The molecule has 2 aliphatic rings. The Bertz CT molecular complexity index is 747. The van der Waals surface area contributed by atoms with E-state index in [0.29, 0.717) is 30.9 Å². The fourth-order valence-corrected chi connectivity index (χ4v) is 4.58. The van der Waals surface area contributed by atoms with Gasteiger partial charge >= 0.3 is 5.97 Å². The average molecular weight is 391 g/mol. The highest BCUT2D eigenvalue weighted by atomic mass is 16.6. The Morgan fingerprint density at radius 1 is 1.36 bits per heavy atom. The smallest absolute Gasteiger partial charge is 0.328 e. The van der Waals surface area contributed by atoms with Gasteiger partial charge in [-0.2, -0.15) is 0 Å². The molecule has 0 N–H and O–H groups in total. The summed E-state index contributed by atoms with van der Waals surface area (Å²) in [6.07, 6.45) is 5.45. The van der Waals surface area contributed by atoms with Gasteiger partial charge in [0.15, 0.2) is 0 Å². The summed E-state index contributed by atoms with van der Waals surface area (Å²) in [6.45, 7) is 14.3. The lowest BCUT2D eigenvalue weighted by atomic mass is 9.70. The van der Waals surface area contributed by atoms with Crippen molar-refractivity contribution < 1.29 is 14.3 Å². The molecule has 2 saturated carbocycles. The van der Waals surface area contributed by atoms with Crippen LogP contribution in [0.25, 0.3) is 0 Å². The first-order valence-electron chi connectivity index (χ1n) is 10.2. The highest BCUT2D eigenvalue weighted by molar-refractivity contribution is 5.94. The highest BCUT2D eigenvalue weighted by Crippen LogP contribution is 2.63. The Hall–Kier alpha value is -1.76. The molecule has 1 heterocycles. The molecule has 0 saturated heterocycles. The minimum atomic E-state index is -0.504. The quantitative estimate of drug-likeness (QED) is 0.526. The summed E-state index contributed by atoms with van der Waals surface area (Å²) in [4.78, 5) is 16.7. The van der Waals surface area contributed by atoms with Gasteiger partial charge in [-0.25, -0.2) is 4.68 Å². The number of rotatable bonds is 7. The monoisotopic (exact) mass is 390 g/mol. The summed E-state index contributed by atoms with van der Waals surface area (Å²) < 4.78 is 12.5. The van der Waals surface area contributed by atoms with Crippen LogP contribution in [-0.2, 0) is 27.4 Å². The van der Waals surface area contributed by atoms with Gasteiger partial charge in [0.25, 0.3) is 0 Å². The van der Waals surface area contributed by atoms with Crippen LogP contribution in [-0.4, -0.2) is 45.4 Å². The standard InChI is InChI=1S/C21H34N4O3/c1-19(2,3)28-18(26)13-25-12-16(23-24-25)14-27-10-9-22-17-11-15-7-8-21(17,6)20(15,4)5/h12,15H,7-11,13-14H2,1-6H3/t15-,21+/m1/s1. The van der Waals surface area contributed by atoms with Crippen molar-refractivity contribution in [3.8, 4) is 0 Å². The van der Waals surface area contributed by atoms with Crippen molar-refractivity contribution in [3.05, 3.63) is 11.9 Å². The van der Waals surface area contributed by atoms with E-state index in [9.17, 15) is 4.79 Å². The molecule has 0 aliphatic heterocycles. The summed E-state index contributed by atoms with van der Waals surface area (Å²) in [7, 11) is 0. The number of nitrogens with zero attached hydrogens (tertiary/aromatic N) is 4. The van der Waals surface area contributed by atoms with Crippen LogP contribution in [0.3, 0.4) is 0 Å². The second-order valence-electron chi connectivity index (χ2n) is 9.87. The van der Waals surface area contributed by atoms with Crippen molar-refractivity contribution in [1.82, 2.24) is 15.0 Å². The predicted octanol–water partition coefficient (Wildman–Crippen LogP) is 3.42. The minimum Gasteiger partial charge on any atom is -0.459 e. The van der Waals surface area contributed by atoms with Gasteiger partial charge in [0.1, 0.15) is 17.8 Å². The number of hydrogen-bond donors (Lipinski definition) is 0. The molecule has 2 fully saturated rings. The third-order valence-electron chi connectivity index (χ3n) is 6.60. The van der Waals surface area contributed by atoms with Crippen molar-refractivity contribution in [1.29, 1.82) is 0 Å². The second-order valence-corrected chi connectivity index (χ2v) is 9.87. The van der Waals surface area contributed by atoms with Crippen LogP contribution in [0.15, 0.2) is 11.2 Å². The van der Waals surface area contributed by atoms with Gasteiger partial charge in [-0.3, -0.25) is 9.79 Å². The van der Waals surface area contributed by atoms with E-state index in [4.69, 9.17) is 14.5 Å². The molecular weight excluding hydrogens is 356 g/mol. The zero-order valence-electron chi connectivity index (χ0n) is 18.1. The predicted molar refractivity (Wildman–Crippen MR) is 107 cm³/mol. The molecule has 0 aromatic carbocycles. The van der Waals surface area contributed by atoms with Crippen LogP contribution in [0, 0.1) is 16.7 Å². The lowest BCUT2D eigenvalue weighted by Crippen LogP contribution is -2.32. The first kappa shape index (κ1) is 21.0. The molecule has 3 rings (SSSR count). The van der Waals surface area contributed by atoms with E-state index in [1.54, 1.807) is 6.20 Å². The summed E-state index contributed by atoms with van der Waals surface area (Å²) in [5.74, 6) is 0.445. The number of carbonyl (C=O) groups is 1. The third-order valence-corrected chi connectivity index (χ3v) is 6.60. The maximum absolute atomic E-state index is 11.8. The zero-order chi connectivity index (χ0) is 20.6. The molecule has 0 radical (unpaired) electrons. The normalized spacial score (nSPS) is 27.5. The van der Waals surface area contributed by atoms with Crippen molar-refractivity contribution in [2.75, 3.05) is 13.2 Å². The molecule has 28 heavy (non-hydrogen) atoms. The van der Waals surface area contributed by atoms with Gasteiger partial charge in [-0.1, -0.05) is 26.0 Å². The molecule has 7 nitrogen and oxygen atoms in total. The van der Waals surface area contributed by atoms with E-state index in [-0.39, 0.29) is 17.9 Å². The molecule has 2 bridgehead atoms. The molecule has 2 atom stereocenters. The number of carbonyl (C=O) groups excluding carboxylic acids is 1. The van der Waals surface area contributed by atoms with Crippen LogP contribution < -0.4 is 0 Å². The molecule has 156 valence electrons. The molecule has 0 unspecified atom stereocenters. The van der Waals surface area contributed by atoms with Crippen LogP contribution in [0.2, 0.25) is 0 Å². The maximum atomic E-state index is 11.8. The van der Waals surface area contributed by atoms with E-state index in [1.807, 2.05) is 20.8 Å². The summed E-state index contributed by atoms with van der Waals surface area (Å²) in [6, 6.07) is 0. The third kappa shape index (κ3) is 4.29. The topological polar surface area (TPSA) is 78.6 Å². The van der Waals surface area contributed by atoms with Crippen molar-refractivity contribution in [2.45, 2.75) is 79.6 Å². The first-order chi connectivity index (χ1) is 13.0. The number of fused-ring (bicyclic) bond motifs is 2. The highest BCUT2D eigenvalue weighted by Gasteiger charge is 2.59. The van der Waals surface area contributed by atoms with Crippen LogP contribution in [0.1, 0.15) is 66.5 Å². The van der Waals surface area contributed by atoms with Crippen molar-refractivity contribution >= 4 is 11.7 Å². The van der Waals surface area contributed by atoms with Gasteiger partial charge in [0.05, 0.1) is 26.0 Å². The Balaban J connectivity index is 1.41. The minimum absolute atomic E-state index is 0.0491. The molecule has 1 aromatic rings. The Morgan fingerprint density at radius 3 is 2.71 bits per heavy atom. The number of aliphatic imine (C=N–C) groups is 1. The lowest BCUT2D eigenvalue weighted by molar-refractivity contribution is -0.155. The maximum Gasteiger partial charge on any atom is 0.328 e. The molecule has 0 spiro atoms. The fraction of sp³-hybridized carbons (Fsp3) is 0.810. The zero-order valence-corrected chi connectivity index (χ0v) is 18.1. The Morgan fingerprint density at radius 2 is 2.11 bits per heavy atom. The number of aromatic nitrogens is 3. The van der Waals surface area contributed by atoms with E-state index < -0.39 is 5.60 Å². The first-order valence-corrected chi connectivity index (χ1v) is 10.2. The van der Waals surface area contributed by atoms with E-state index in [2.05, 4.69) is 31.1 Å². The van der Waals surface area contributed by atoms with Crippen molar-refractivity contribution in [2.24, 2.45) is 21.7 Å². The van der Waals surface area contributed by atoms with Gasteiger partial charge in [0, 0.05) is 11.1 Å². The summed E-state index contributed by atoms with van der Waals surface area (Å²) in [5, 5.41) is 8.00. The van der Waals surface area contributed by atoms with Crippen LogP contribution in [0.5, 0.6) is 0 Å². The lowest BCUT2D eigenvalue weighted by Gasteiger charge is -2.34. The van der Waals surface area contributed by atoms with Gasteiger partial charge in [0.2, 0.25) is 0 Å². The van der Waals surface area contributed by atoms with Crippen LogP contribution >= 0.6 is 0 Å². The fourth-order valence-electron chi connectivity index (χ4n) is 4.58. The summed E-state index contributed by atoms with van der Waals surface area (Å²) in [5.41, 5.74) is 2.18. The Labute approximate surface area is 167 Å². The van der Waals surface area contributed by atoms with Crippen LogP contribution in [0.4, 0.5) is 0 Å². The number of esters is 1. The largest absolute Gasteiger partial charge is 0.459 e.